The molecule has 3 aromatic carbocycles. The summed E-state index contributed by atoms with van der Waals surface area (Å²) in [6.07, 6.45) is 5.21. The van der Waals surface area contributed by atoms with Crippen LogP contribution in [0.15, 0.2) is 89.6 Å². The number of fused-ring (bicyclic) bond motifs is 1. The summed E-state index contributed by atoms with van der Waals surface area (Å²) in [6, 6.07) is 22.5. The lowest BCUT2D eigenvalue weighted by Gasteiger charge is -2.06. The first-order valence-corrected chi connectivity index (χ1v) is 9.71. The van der Waals surface area contributed by atoms with Crippen LogP contribution >= 0.6 is 0 Å². The smallest absolute Gasteiger partial charge is 0.231 e. The highest BCUT2D eigenvalue weighted by molar-refractivity contribution is 6.31. The van der Waals surface area contributed by atoms with Crippen molar-refractivity contribution in [3.8, 4) is 5.75 Å². The highest BCUT2D eigenvalue weighted by Crippen LogP contribution is 2.27. The molecule has 4 rings (SSSR count). The van der Waals surface area contributed by atoms with Crippen molar-refractivity contribution >= 4 is 28.5 Å². The van der Waals surface area contributed by atoms with E-state index in [-0.39, 0.29) is 5.78 Å². The highest BCUT2D eigenvalue weighted by atomic mass is 16.5. The van der Waals surface area contributed by atoms with Gasteiger partial charge in [0, 0.05) is 5.56 Å². The van der Waals surface area contributed by atoms with Crippen LogP contribution in [-0.4, -0.2) is 10.8 Å². The van der Waals surface area contributed by atoms with Crippen molar-refractivity contribution in [1.82, 2.24) is 4.98 Å². The summed E-state index contributed by atoms with van der Waals surface area (Å²) < 4.78 is 11.4. The zero-order valence-electron chi connectivity index (χ0n) is 16.8. The number of allylic oxidation sites excluding steroid dienone is 2. The van der Waals surface area contributed by atoms with E-state index in [9.17, 15) is 4.79 Å². The van der Waals surface area contributed by atoms with E-state index in [2.05, 4.69) is 4.98 Å². The molecule has 0 aliphatic heterocycles. The Kier molecular flexibility index (Phi) is 5.57. The zero-order valence-corrected chi connectivity index (χ0v) is 16.8. The van der Waals surface area contributed by atoms with E-state index in [0.717, 1.165) is 11.1 Å². The molecule has 30 heavy (non-hydrogen) atoms. The van der Waals surface area contributed by atoms with Gasteiger partial charge in [0.2, 0.25) is 5.89 Å². The van der Waals surface area contributed by atoms with Gasteiger partial charge in [0.15, 0.2) is 11.4 Å². The molecule has 0 fully saturated rings. The topological polar surface area (TPSA) is 52.3 Å². The number of para-hydroxylation sites is 2. The van der Waals surface area contributed by atoms with E-state index in [1.807, 2.05) is 68.5 Å². The SMILES string of the molecule is C/C=C/Oc1ccc(C(=O)/C(=C/c2ccc(C)cc2)c2nc3ccccc3o2)cc1. The predicted molar refractivity (Wildman–Crippen MR) is 119 cm³/mol. The van der Waals surface area contributed by atoms with Gasteiger partial charge in [0.05, 0.1) is 11.8 Å². The standard InChI is InChI=1S/C26H21NO3/c1-3-16-29-21-14-12-20(13-15-21)25(28)22(17-19-10-8-18(2)9-11-19)26-27-23-6-4-5-7-24(23)30-26/h3-17H,1-2H3/b16-3+,22-17-. The van der Waals surface area contributed by atoms with Crippen LogP contribution < -0.4 is 4.74 Å². The Labute approximate surface area is 175 Å². The van der Waals surface area contributed by atoms with E-state index in [0.29, 0.717) is 33.9 Å². The number of aromatic nitrogens is 1. The molecule has 0 atom stereocenters. The minimum Gasteiger partial charge on any atom is -0.465 e. The molecule has 4 nitrogen and oxygen atoms in total. The first kappa shape index (κ1) is 19.4. The van der Waals surface area contributed by atoms with Crippen molar-refractivity contribution in [2.24, 2.45) is 0 Å². The molecular weight excluding hydrogens is 374 g/mol. The van der Waals surface area contributed by atoms with Gasteiger partial charge >= 0.3 is 0 Å². The second kappa shape index (κ2) is 8.62. The van der Waals surface area contributed by atoms with E-state index >= 15 is 0 Å². The number of Topliss-reactive ketones (excluding diaryl/α,β-unsaturated/α-hetero) is 1. The highest BCUT2D eigenvalue weighted by Gasteiger charge is 2.20. The second-order valence-electron chi connectivity index (χ2n) is 6.90. The summed E-state index contributed by atoms with van der Waals surface area (Å²) in [6.45, 7) is 3.90. The molecule has 0 aliphatic carbocycles. The summed E-state index contributed by atoms with van der Waals surface area (Å²) in [5.74, 6) is 0.798. The Hall–Kier alpha value is -3.92. The van der Waals surface area contributed by atoms with Gasteiger partial charge in [-0.05, 0) is 61.9 Å². The van der Waals surface area contributed by atoms with Crippen LogP contribution in [0.25, 0.3) is 22.7 Å². The molecule has 0 amide bonds. The molecule has 0 unspecified atom stereocenters. The second-order valence-corrected chi connectivity index (χ2v) is 6.90. The molecule has 0 saturated heterocycles. The average molecular weight is 395 g/mol. The van der Waals surface area contributed by atoms with Gasteiger partial charge in [-0.1, -0.05) is 48.0 Å². The Balaban J connectivity index is 1.76. The fourth-order valence-electron chi connectivity index (χ4n) is 3.03. The van der Waals surface area contributed by atoms with Crippen LogP contribution in [-0.2, 0) is 0 Å². The first-order chi connectivity index (χ1) is 14.6. The number of hydrogen-bond acceptors (Lipinski definition) is 4. The summed E-state index contributed by atoms with van der Waals surface area (Å²) >= 11 is 0. The van der Waals surface area contributed by atoms with Crippen molar-refractivity contribution in [3.05, 3.63) is 108 Å². The number of aryl methyl sites for hydroxylation is 1. The minimum absolute atomic E-state index is 0.167. The minimum atomic E-state index is -0.167. The fraction of sp³-hybridized carbons (Fsp3) is 0.0769. The molecule has 0 N–H and O–H groups in total. The van der Waals surface area contributed by atoms with Crippen LogP contribution in [0.2, 0.25) is 0 Å². The maximum absolute atomic E-state index is 13.4. The van der Waals surface area contributed by atoms with Gasteiger partial charge in [-0.3, -0.25) is 4.79 Å². The van der Waals surface area contributed by atoms with Gasteiger partial charge in [-0.25, -0.2) is 4.98 Å². The number of rotatable bonds is 6. The number of carbonyl (C=O) groups excluding carboxylic acids is 1. The quantitative estimate of drug-likeness (QED) is 0.213. The number of carbonyl (C=O) groups is 1. The van der Waals surface area contributed by atoms with Gasteiger partial charge < -0.3 is 9.15 Å². The molecule has 0 saturated carbocycles. The molecule has 0 bridgehead atoms. The maximum Gasteiger partial charge on any atom is 0.231 e. The Morgan fingerprint density at radius 1 is 0.967 bits per heavy atom. The number of ether oxygens (including phenoxy) is 1. The van der Waals surface area contributed by atoms with Gasteiger partial charge in [-0.15, -0.1) is 0 Å². The van der Waals surface area contributed by atoms with E-state index < -0.39 is 0 Å². The third-order valence-corrected chi connectivity index (χ3v) is 4.61. The average Bonchev–Trinajstić information content (AvgIpc) is 3.21. The Bertz CT molecular complexity index is 1200. The van der Waals surface area contributed by atoms with E-state index in [1.165, 1.54) is 0 Å². The van der Waals surface area contributed by atoms with Crippen molar-refractivity contribution in [2.75, 3.05) is 0 Å². The first-order valence-electron chi connectivity index (χ1n) is 9.71. The third kappa shape index (κ3) is 4.23. The lowest BCUT2D eigenvalue weighted by Crippen LogP contribution is -2.03. The number of benzene rings is 3. The molecule has 4 heteroatoms. The molecule has 0 aliphatic rings. The van der Waals surface area contributed by atoms with Crippen LogP contribution in [0, 0.1) is 6.92 Å². The monoisotopic (exact) mass is 395 g/mol. The Morgan fingerprint density at radius 3 is 2.40 bits per heavy atom. The molecule has 0 spiro atoms. The van der Waals surface area contributed by atoms with Crippen molar-refractivity contribution in [1.29, 1.82) is 0 Å². The fourth-order valence-corrected chi connectivity index (χ4v) is 3.03. The lowest BCUT2D eigenvalue weighted by molar-refractivity contribution is 0.105. The van der Waals surface area contributed by atoms with E-state index in [4.69, 9.17) is 9.15 Å². The number of ketones is 1. The molecular formula is C26H21NO3. The summed E-state index contributed by atoms with van der Waals surface area (Å²) in [4.78, 5) is 17.9. The molecule has 1 heterocycles. The van der Waals surface area contributed by atoms with Gasteiger partial charge in [0.25, 0.3) is 0 Å². The lowest BCUT2D eigenvalue weighted by atomic mass is 10.0. The molecule has 0 radical (unpaired) electrons. The van der Waals surface area contributed by atoms with Crippen LogP contribution in [0.3, 0.4) is 0 Å². The number of hydrogen-bond donors (Lipinski definition) is 0. The number of oxazole rings is 1. The summed E-state index contributed by atoms with van der Waals surface area (Å²) in [7, 11) is 0. The molecule has 148 valence electrons. The van der Waals surface area contributed by atoms with Gasteiger partial charge in [-0.2, -0.15) is 0 Å². The molecule has 1 aromatic heterocycles. The summed E-state index contributed by atoms with van der Waals surface area (Å²) in [5.41, 5.74) is 4.34. The zero-order chi connectivity index (χ0) is 20.9. The van der Waals surface area contributed by atoms with Crippen molar-refractivity contribution in [3.63, 3.8) is 0 Å². The predicted octanol–water partition coefficient (Wildman–Crippen LogP) is 6.47. The normalized spacial score (nSPS) is 11.9. The summed E-state index contributed by atoms with van der Waals surface area (Å²) in [5, 5.41) is 0. The largest absolute Gasteiger partial charge is 0.465 e. The van der Waals surface area contributed by atoms with Crippen LogP contribution in [0.1, 0.15) is 34.3 Å². The van der Waals surface area contributed by atoms with Crippen molar-refractivity contribution < 1.29 is 13.9 Å². The maximum atomic E-state index is 13.4. The van der Waals surface area contributed by atoms with Crippen LogP contribution in [0.5, 0.6) is 5.75 Å². The number of nitrogens with zero attached hydrogens (tertiary/aromatic N) is 1. The Morgan fingerprint density at radius 2 is 1.70 bits per heavy atom. The molecule has 4 aromatic rings. The van der Waals surface area contributed by atoms with Crippen molar-refractivity contribution in [2.45, 2.75) is 13.8 Å². The van der Waals surface area contributed by atoms with Gasteiger partial charge in [0.1, 0.15) is 11.3 Å². The van der Waals surface area contributed by atoms with Crippen LogP contribution in [0.4, 0.5) is 0 Å². The third-order valence-electron chi connectivity index (χ3n) is 4.61. The van der Waals surface area contributed by atoms with E-state index in [1.54, 1.807) is 36.6 Å².